The fourth-order valence-corrected chi connectivity index (χ4v) is 9.01. The van der Waals surface area contributed by atoms with Crippen molar-refractivity contribution >= 4 is 75.8 Å². The summed E-state index contributed by atoms with van der Waals surface area (Å²) in [6.07, 6.45) is -1.59. The molecule has 0 fully saturated rings. The van der Waals surface area contributed by atoms with Crippen molar-refractivity contribution in [3.05, 3.63) is 0 Å². The minimum atomic E-state index is -2.89. The molecular weight excluding hydrogens is 312 g/mol. The molecule has 64 valence electrons. The van der Waals surface area contributed by atoms with Gasteiger partial charge in [0, 0.05) is 9.03 Å². The Hall–Kier alpha value is 1.88. The van der Waals surface area contributed by atoms with Gasteiger partial charge in [0.25, 0.3) is 0 Å². The van der Waals surface area contributed by atoms with Crippen molar-refractivity contribution in [3.63, 3.8) is 0 Å². The molecule has 3 nitrogen and oxygen atoms in total. The minimum Gasteiger partial charge on any atom is -0.0820 e. The largest absolute Gasteiger partial charge is 0.471 e. The predicted molar refractivity (Wildman–Crippen MR) is 57.6 cm³/mol. The van der Waals surface area contributed by atoms with Crippen molar-refractivity contribution in [1.29, 1.82) is 5.16 Å². The number of hydrogen-bond donors (Lipinski definition) is 1. The van der Waals surface area contributed by atoms with Crippen molar-refractivity contribution in [2.45, 2.75) is 0 Å². The molecule has 0 heterocycles. The molecule has 0 aromatic rings. The van der Waals surface area contributed by atoms with Crippen molar-refractivity contribution < 1.29 is 0 Å². The first-order valence-corrected chi connectivity index (χ1v) is 10.7. The molecule has 0 aromatic carbocycles. The van der Waals surface area contributed by atoms with Crippen LogP contribution in [0.5, 0.6) is 0 Å². The van der Waals surface area contributed by atoms with E-state index in [4.69, 9.17) is 61.4 Å². The highest BCUT2D eigenvalue weighted by atomic mass is 35.9. The monoisotopic (exact) mass is 311 g/mol. The standard InChI is InChI=1S/Cl5HN3P3/c1-9(2)7-11(4,5)8-10(3)6/h6H/q+2. The van der Waals surface area contributed by atoms with Crippen LogP contribution in [0.4, 0.5) is 0 Å². The van der Waals surface area contributed by atoms with Gasteiger partial charge in [0.2, 0.25) is 33.7 Å². The molecule has 0 rings (SSSR count). The third-order valence-corrected chi connectivity index (χ3v) is 7.51. The van der Waals surface area contributed by atoms with E-state index in [1.807, 2.05) is 0 Å². The Morgan fingerprint density at radius 1 is 1.18 bits per heavy atom. The number of nitrogens with one attached hydrogen (secondary N) is 1. The lowest BCUT2D eigenvalue weighted by Crippen LogP contribution is -1.42. The Kier molecular flexibility index (Phi) is 6.53. The van der Waals surface area contributed by atoms with E-state index in [1.54, 1.807) is 0 Å². The molecular formula is HCl5N3P3+2. The van der Waals surface area contributed by atoms with Crippen LogP contribution in [0.3, 0.4) is 0 Å². The number of halogens is 5. The summed E-state index contributed by atoms with van der Waals surface area (Å²) in [4.78, 5) is 0. The highest BCUT2D eigenvalue weighted by Crippen LogP contribution is 2.70. The zero-order valence-corrected chi connectivity index (χ0v) is 11.1. The second-order valence-electron chi connectivity index (χ2n) is 1.11. The molecule has 0 bridgehead atoms. The molecule has 0 aliphatic rings. The predicted octanol–water partition coefficient (Wildman–Crippen LogP) is 6.70. The maximum absolute atomic E-state index is 6.86. The minimum absolute atomic E-state index is 1.59. The van der Waals surface area contributed by atoms with Gasteiger partial charge in [-0.3, -0.25) is 0 Å². The number of nitrogens with zero attached hydrogens (tertiary/aromatic N) is 2. The highest BCUT2D eigenvalue weighted by Gasteiger charge is 2.24. The molecule has 1 unspecified atom stereocenters. The van der Waals surface area contributed by atoms with Gasteiger partial charge in [-0.15, -0.1) is 0 Å². The average molecular weight is 313 g/mol. The third-order valence-electron chi connectivity index (χ3n) is 0.361. The Morgan fingerprint density at radius 2 is 1.64 bits per heavy atom. The summed E-state index contributed by atoms with van der Waals surface area (Å²) < 4.78 is 7.00. The van der Waals surface area contributed by atoms with Crippen molar-refractivity contribution in [2.75, 3.05) is 0 Å². The van der Waals surface area contributed by atoms with Crippen LogP contribution >= 0.6 is 75.8 Å². The van der Waals surface area contributed by atoms with Crippen molar-refractivity contribution in [1.82, 2.24) is 0 Å². The molecule has 0 saturated heterocycles. The van der Waals surface area contributed by atoms with Gasteiger partial charge in [0.15, 0.2) is 0 Å². The third kappa shape index (κ3) is 8.22. The topological polar surface area (TPSA) is 48.6 Å². The number of rotatable bonds is 2. The normalized spacial score (nSPS) is 12.3. The lowest BCUT2D eigenvalue weighted by Gasteiger charge is -1.85. The Morgan fingerprint density at radius 3 is 1.91 bits per heavy atom. The van der Waals surface area contributed by atoms with E-state index < -0.39 is 19.5 Å². The fraction of sp³-hybridized carbons (Fsp3) is 0. The van der Waals surface area contributed by atoms with Crippen LogP contribution in [-0.4, -0.2) is 0 Å². The van der Waals surface area contributed by atoms with E-state index >= 15 is 0 Å². The summed E-state index contributed by atoms with van der Waals surface area (Å²) in [5, 5.41) is 6.86. The molecule has 0 aromatic heterocycles. The second kappa shape index (κ2) is 5.58. The molecule has 1 atom stereocenters. The summed E-state index contributed by atoms with van der Waals surface area (Å²) in [6, 6.07) is 0. The Balaban J connectivity index is 4.73. The zero-order chi connectivity index (χ0) is 9.07. The Bertz CT molecular complexity index is 233. The average Bonchev–Trinajstić information content (AvgIpc) is 1.53. The van der Waals surface area contributed by atoms with Gasteiger partial charge in [-0.2, -0.15) is 0 Å². The summed E-state index contributed by atoms with van der Waals surface area (Å²) in [5.74, 6) is -2.89. The van der Waals surface area contributed by atoms with Crippen LogP contribution in [0.15, 0.2) is 9.03 Å². The maximum atomic E-state index is 6.86. The molecule has 0 saturated carbocycles. The summed E-state index contributed by atoms with van der Waals surface area (Å²) in [5.41, 5.74) is 0. The van der Waals surface area contributed by atoms with Gasteiger partial charge in [-0.25, -0.2) is 0 Å². The lowest BCUT2D eigenvalue weighted by molar-refractivity contribution is 1.62. The van der Waals surface area contributed by atoms with E-state index in [2.05, 4.69) is 9.03 Å². The SMILES string of the molecule is N=[P+](Cl)N=P(Cl)(Cl)N=[P+](Cl)Cl. The first kappa shape index (κ1) is 12.9. The van der Waals surface area contributed by atoms with Gasteiger partial charge in [0.05, 0.1) is 0 Å². The fourth-order valence-electron chi connectivity index (χ4n) is 0.194. The number of hydrogen-bond acceptors (Lipinski definition) is 1. The molecule has 0 aliphatic carbocycles. The van der Waals surface area contributed by atoms with Gasteiger partial charge in [-0.1, -0.05) is 5.16 Å². The van der Waals surface area contributed by atoms with Crippen LogP contribution in [0, 0.1) is 5.16 Å². The van der Waals surface area contributed by atoms with E-state index in [0.717, 1.165) is 0 Å². The molecule has 11 heavy (non-hydrogen) atoms. The molecule has 0 amide bonds. The molecule has 0 spiro atoms. The quantitative estimate of drug-likeness (QED) is 0.552. The Labute approximate surface area is 89.6 Å². The van der Waals surface area contributed by atoms with E-state index in [0.29, 0.717) is 0 Å². The molecule has 0 radical (unpaired) electrons. The summed E-state index contributed by atoms with van der Waals surface area (Å²) >= 11 is 26.9. The second-order valence-corrected chi connectivity index (χ2v) is 11.2. The first-order chi connectivity index (χ1) is 4.83. The van der Waals surface area contributed by atoms with E-state index in [1.165, 1.54) is 0 Å². The van der Waals surface area contributed by atoms with Crippen molar-refractivity contribution in [2.24, 2.45) is 9.03 Å². The highest BCUT2D eigenvalue weighted by molar-refractivity contribution is 8.15. The van der Waals surface area contributed by atoms with Crippen LogP contribution in [-0.2, 0) is 0 Å². The molecule has 11 heteroatoms. The summed E-state index contributed by atoms with van der Waals surface area (Å²) in [6.45, 7) is 0. The smallest absolute Gasteiger partial charge is 0.0820 e. The van der Waals surface area contributed by atoms with Gasteiger partial charge < -0.3 is 0 Å². The van der Waals surface area contributed by atoms with Crippen molar-refractivity contribution in [3.8, 4) is 0 Å². The van der Waals surface area contributed by atoms with Gasteiger partial charge >= 0.3 is 19.5 Å². The van der Waals surface area contributed by atoms with E-state index in [-0.39, 0.29) is 0 Å². The van der Waals surface area contributed by atoms with Crippen LogP contribution in [0.2, 0.25) is 0 Å². The maximum Gasteiger partial charge on any atom is 0.471 e. The van der Waals surface area contributed by atoms with E-state index in [9.17, 15) is 0 Å². The van der Waals surface area contributed by atoms with Crippen LogP contribution < -0.4 is 0 Å². The van der Waals surface area contributed by atoms with Gasteiger partial charge in [-0.05, 0) is 22.5 Å². The first-order valence-electron chi connectivity index (χ1n) is 1.87. The van der Waals surface area contributed by atoms with Gasteiger partial charge in [0.1, 0.15) is 0 Å². The van der Waals surface area contributed by atoms with Crippen LogP contribution in [0.25, 0.3) is 0 Å². The molecule has 0 aliphatic heterocycles. The van der Waals surface area contributed by atoms with Crippen LogP contribution in [0.1, 0.15) is 0 Å². The molecule has 1 N–H and O–H groups in total. The summed E-state index contributed by atoms with van der Waals surface area (Å²) in [7, 11) is -1.79. The lowest BCUT2D eigenvalue weighted by atomic mass is 13.9. The zero-order valence-electron chi connectivity index (χ0n) is 4.63.